The smallest absolute Gasteiger partial charge is 0.244 e. The number of amides is 1. The number of aryl methyl sites for hydroxylation is 1. The zero-order valence-corrected chi connectivity index (χ0v) is 17.1. The van der Waals surface area contributed by atoms with E-state index < -0.39 is 16.1 Å². The Morgan fingerprint density at radius 1 is 1.26 bits per heavy atom. The first-order valence-electron chi connectivity index (χ1n) is 8.52. The molecule has 27 heavy (non-hydrogen) atoms. The lowest BCUT2D eigenvalue weighted by atomic mass is 10.1. The molecule has 1 N–H and O–H groups in total. The van der Waals surface area contributed by atoms with Gasteiger partial charge in [-0.2, -0.15) is 9.40 Å². The number of carbonyl (C=O) groups excluding carboxylic acids is 1. The van der Waals surface area contributed by atoms with Crippen molar-refractivity contribution in [2.24, 2.45) is 7.05 Å². The number of halogens is 2. The summed E-state index contributed by atoms with van der Waals surface area (Å²) in [5, 5.41) is 7.81. The van der Waals surface area contributed by atoms with Gasteiger partial charge < -0.3 is 5.32 Å². The third-order valence-electron chi connectivity index (χ3n) is 4.43. The number of carbonyl (C=O) groups is 1. The van der Waals surface area contributed by atoms with Gasteiger partial charge in [0.1, 0.15) is 6.04 Å². The van der Waals surface area contributed by atoms with Crippen LogP contribution in [0, 0.1) is 0 Å². The van der Waals surface area contributed by atoms with Gasteiger partial charge >= 0.3 is 0 Å². The Balaban J connectivity index is 2.04. The van der Waals surface area contributed by atoms with E-state index in [4.69, 9.17) is 23.2 Å². The van der Waals surface area contributed by atoms with E-state index in [0.717, 1.165) is 12.8 Å². The standard InChI is InChI=1S/C17H20Cl2N4O3S/c1-22-10-14(19)15(21-22)11-23(16-4-2-3-9-20-17(16)24)27(25,26)13-7-5-12(18)6-8-13/h5-8,10,16H,2-4,9,11H2,1H3,(H,20,24). The number of nitrogens with one attached hydrogen (secondary N) is 1. The number of hydrogen-bond donors (Lipinski definition) is 1. The highest BCUT2D eigenvalue weighted by atomic mass is 35.5. The lowest BCUT2D eigenvalue weighted by Crippen LogP contribution is -2.48. The van der Waals surface area contributed by atoms with E-state index in [-0.39, 0.29) is 17.3 Å². The number of rotatable bonds is 5. The first-order chi connectivity index (χ1) is 12.8. The molecule has 7 nitrogen and oxygen atoms in total. The first-order valence-corrected chi connectivity index (χ1v) is 10.7. The molecule has 2 heterocycles. The van der Waals surface area contributed by atoms with Crippen LogP contribution < -0.4 is 5.32 Å². The van der Waals surface area contributed by atoms with Crippen LogP contribution in [0.4, 0.5) is 0 Å². The number of benzene rings is 1. The monoisotopic (exact) mass is 430 g/mol. The predicted octanol–water partition coefficient (Wildman–Crippen LogP) is 2.59. The van der Waals surface area contributed by atoms with E-state index in [9.17, 15) is 13.2 Å². The average molecular weight is 431 g/mol. The minimum atomic E-state index is -3.97. The molecule has 1 amide bonds. The molecule has 0 spiro atoms. The van der Waals surface area contributed by atoms with Gasteiger partial charge in [0.05, 0.1) is 22.2 Å². The minimum absolute atomic E-state index is 0.0657. The zero-order valence-electron chi connectivity index (χ0n) is 14.7. The van der Waals surface area contributed by atoms with Crippen LogP contribution in [0.1, 0.15) is 25.0 Å². The molecule has 0 bridgehead atoms. The van der Waals surface area contributed by atoms with Crippen molar-refractivity contribution in [1.82, 2.24) is 19.4 Å². The first kappa shape index (κ1) is 20.1. The molecule has 1 aliphatic heterocycles. The molecule has 0 radical (unpaired) electrons. The van der Waals surface area contributed by atoms with Crippen molar-refractivity contribution < 1.29 is 13.2 Å². The molecule has 10 heteroatoms. The summed E-state index contributed by atoms with van der Waals surface area (Å²) in [4.78, 5) is 12.6. The van der Waals surface area contributed by atoms with Crippen molar-refractivity contribution in [2.75, 3.05) is 6.54 Å². The summed E-state index contributed by atoms with van der Waals surface area (Å²) >= 11 is 12.1. The molecule has 1 atom stereocenters. The normalized spacial score (nSPS) is 18.4. The van der Waals surface area contributed by atoms with Crippen molar-refractivity contribution >= 4 is 39.1 Å². The Morgan fingerprint density at radius 2 is 1.96 bits per heavy atom. The van der Waals surface area contributed by atoms with Crippen LogP contribution in [-0.2, 0) is 28.4 Å². The highest BCUT2D eigenvalue weighted by Gasteiger charge is 2.37. The topological polar surface area (TPSA) is 84.3 Å². The third-order valence-corrected chi connectivity index (χ3v) is 6.87. The summed E-state index contributed by atoms with van der Waals surface area (Å²) in [7, 11) is -2.27. The average Bonchev–Trinajstić information content (AvgIpc) is 2.79. The molecule has 1 saturated heterocycles. The number of nitrogens with zero attached hydrogens (tertiary/aromatic N) is 3. The van der Waals surface area contributed by atoms with Crippen LogP contribution in [0.5, 0.6) is 0 Å². The third kappa shape index (κ3) is 4.45. The second kappa shape index (κ2) is 8.18. The zero-order chi connectivity index (χ0) is 19.6. The highest BCUT2D eigenvalue weighted by Crippen LogP contribution is 2.27. The van der Waals surface area contributed by atoms with Crippen LogP contribution in [0.2, 0.25) is 10.0 Å². The number of sulfonamides is 1. The Hall–Kier alpha value is -1.61. The van der Waals surface area contributed by atoms with Crippen LogP contribution in [-0.4, -0.2) is 41.0 Å². The second-order valence-electron chi connectivity index (χ2n) is 6.40. The van der Waals surface area contributed by atoms with Crippen molar-refractivity contribution in [3.05, 3.63) is 46.2 Å². The van der Waals surface area contributed by atoms with Crippen LogP contribution in [0.3, 0.4) is 0 Å². The molecule has 1 aliphatic rings. The molecule has 1 aromatic heterocycles. The maximum atomic E-state index is 13.3. The maximum Gasteiger partial charge on any atom is 0.244 e. The largest absolute Gasteiger partial charge is 0.355 e. The van der Waals surface area contributed by atoms with Crippen molar-refractivity contribution in [3.8, 4) is 0 Å². The van der Waals surface area contributed by atoms with E-state index in [1.807, 2.05) is 0 Å². The quantitative estimate of drug-likeness (QED) is 0.789. The molecule has 2 aromatic rings. The Kier molecular flexibility index (Phi) is 6.10. The highest BCUT2D eigenvalue weighted by molar-refractivity contribution is 7.89. The molecule has 0 aliphatic carbocycles. The molecule has 1 aromatic carbocycles. The second-order valence-corrected chi connectivity index (χ2v) is 9.14. The summed E-state index contributed by atoms with van der Waals surface area (Å²) in [5.41, 5.74) is 0.397. The predicted molar refractivity (Wildman–Crippen MR) is 103 cm³/mol. The van der Waals surface area contributed by atoms with E-state index in [2.05, 4.69) is 10.4 Å². The van der Waals surface area contributed by atoms with Gasteiger partial charge in [0.15, 0.2) is 0 Å². The summed E-state index contributed by atoms with van der Waals surface area (Å²) in [6.07, 6.45) is 3.58. The Bertz CT molecular complexity index is 928. The Morgan fingerprint density at radius 3 is 2.59 bits per heavy atom. The summed E-state index contributed by atoms with van der Waals surface area (Å²) in [6.45, 7) is 0.442. The SMILES string of the molecule is Cn1cc(Cl)c(CN(C2CCCCNC2=O)S(=O)(=O)c2ccc(Cl)cc2)n1. The fourth-order valence-electron chi connectivity index (χ4n) is 3.06. The van der Waals surface area contributed by atoms with Gasteiger partial charge in [-0.1, -0.05) is 23.2 Å². The van der Waals surface area contributed by atoms with Gasteiger partial charge in [-0.3, -0.25) is 9.48 Å². The fourth-order valence-corrected chi connectivity index (χ4v) is 5.01. The van der Waals surface area contributed by atoms with Crippen LogP contribution >= 0.6 is 23.2 Å². The fraction of sp³-hybridized carbons (Fsp3) is 0.412. The summed E-state index contributed by atoms with van der Waals surface area (Å²) in [5.74, 6) is -0.308. The van der Waals surface area contributed by atoms with Crippen molar-refractivity contribution in [1.29, 1.82) is 0 Å². The Labute approximate surface area is 168 Å². The minimum Gasteiger partial charge on any atom is -0.355 e. The molecule has 3 rings (SSSR count). The lowest BCUT2D eigenvalue weighted by Gasteiger charge is -2.28. The van der Waals surface area contributed by atoms with E-state index in [1.165, 1.54) is 33.3 Å². The molecule has 1 fully saturated rings. The van der Waals surface area contributed by atoms with Gasteiger partial charge in [0.25, 0.3) is 0 Å². The van der Waals surface area contributed by atoms with Crippen LogP contribution in [0.15, 0.2) is 35.4 Å². The van der Waals surface area contributed by atoms with Gasteiger partial charge in [0.2, 0.25) is 15.9 Å². The molecule has 0 saturated carbocycles. The van der Waals surface area contributed by atoms with E-state index in [1.54, 1.807) is 13.2 Å². The van der Waals surface area contributed by atoms with Gasteiger partial charge in [-0.05, 0) is 43.5 Å². The lowest BCUT2D eigenvalue weighted by molar-refractivity contribution is -0.124. The van der Waals surface area contributed by atoms with Gasteiger partial charge in [-0.15, -0.1) is 0 Å². The van der Waals surface area contributed by atoms with Crippen LogP contribution in [0.25, 0.3) is 0 Å². The van der Waals surface area contributed by atoms with Gasteiger partial charge in [0, 0.05) is 24.8 Å². The van der Waals surface area contributed by atoms with Gasteiger partial charge in [-0.25, -0.2) is 8.42 Å². The number of hydrogen-bond acceptors (Lipinski definition) is 4. The molecular weight excluding hydrogens is 411 g/mol. The molecule has 1 unspecified atom stereocenters. The maximum absolute atomic E-state index is 13.3. The molecular formula is C17H20Cl2N4O3S. The van der Waals surface area contributed by atoms with E-state index in [0.29, 0.717) is 28.7 Å². The van der Waals surface area contributed by atoms with Crippen molar-refractivity contribution in [3.63, 3.8) is 0 Å². The summed E-state index contributed by atoms with van der Waals surface area (Å²) < 4.78 is 29.4. The van der Waals surface area contributed by atoms with Crippen molar-refractivity contribution in [2.45, 2.75) is 36.7 Å². The molecule has 146 valence electrons. The van der Waals surface area contributed by atoms with E-state index >= 15 is 0 Å². The number of aromatic nitrogens is 2. The summed E-state index contributed by atoms with van der Waals surface area (Å²) in [6, 6.07) is 5.05.